The highest BCUT2D eigenvalue weighted by atomic mass is 32.1. The molecule has 0 radical (unpaired) electrons. The van der Waals surface area contributed by atoms with Crippen molar-refractivity contribution in [2.75, 3.05) is 18.4 Å². The summed E-state index contributed by atoms with van der Waals surface area (Å²) < 4.78 is 0. The third-order valence-electron chi connectivity index (χ3n) is 4.45. The van der Waals surface area contributed by atoms with E-state index in [0.717, 1.165) is 35.5 Å². The van der Waals surface area contributed by atoms with Crippen LogP contribution in [0.4, 0.5) is 5.69 Å². The minimum Gasteiger partial charge on any atom is -0.337 e. The Bertz CT molecular complexity index is 740. The Morgan fingerprint density at radius 2 is 2.08 bits per heavy atom. The van der Waals surface area contributed by atoms with Crippen LogP contribution in [-0.4, -0.2) is 29.8 Å². The fourth-order valence-electron chi connectivity index (χ4n) is 3.12. The lowest BCUT2D eigenvalue weighted by atomic mass is 9.96. The van der Waals surface area contributed by atoms with Crippen molar-refractivity contribution in [3.63, 3.8) is 0 Å². The second kappa shape index (κ2) is 7.18. The zero-order valence-corrected chi connectivity index (χ0v) is 14.9. The van der Waals surface area contributed by atoms with E-state index in [1.807, 2.05) is 48.4 Å². The molecule has 1 atom stereocenters. The van der Waals surface area contributed by atoms with Crippen molar-refractivity contribution in [3.05, 3.63) is 51.7 Å². The zero-order valence-electron chi connectivity index (χ0n) is 14.0. The summed E-state index contributed by atoms with van der Waals surface area (Å²) in [6.07, 6.45) is 1.69. The summed E-state index contributed by atoms with van der Waals surface area (Å²) >= 11 is 1.45. The number of hydrogen-bond donors (Lipinski definition) is 1. The van der Waals surface area contributed by atoms with Crippen LogP contribution in [0.5, 0.6) is 0 Å². The Labute approximate surface area is 146 Å². The first-order valence-electron chi connectivity index (χ1n) is 8.25. The van der Waals surface area contributed by atoms with Gasteiger partial charge in [-0.1, -0.05) is 23.8 Å². The lowest BCUT2D eigenvalue weighted by molar-refractivity contribution is -0.121. The average molecular weight is 342 g/mol. The second-order valence-corrected chi connectivity index (χ2v) is 7.32. The quantitative estimate of drug-likeness (QED) is 0.921. The Morgan fingerprint density at radius 1 is 1.25 bits per heavy atom. The largest absolute Gasteiger partial charge is 0.337 e. The molecule has 2 aromatic rings. The normalized spacial score (nSPS) is 17.6. The molecule has 24 heavy (non-hydrogen) atoms. The maximum atomic E-state index is 12.6. The minimum atomic E-state index is -0.150. The maximum Gasteiger partial charge on any atom is 0.263 e. The smallest absolute Gasteiger partial charge is 0.263 e. The van der Waals surface area contributed by atoms with E-state index < -0.39 is 0 Å². The number of likely N-dealkylation sites (tertiary alicyclic amines) is 1. The molecule has 1 saturated heterocycles. The molecule has 1 N–H and O–H groups in total. The lowest BCUT2D eigenvalue weighted by Crippen LogP contribution is -2.43. The van der Waals surface area contributed by atoms with Gasteiger partial charge >= 0.3 is 0 Å². The number of carbonyl (C=O) groups is 2. The van der Waals surface area contributed by atoms with Crippen LogP contribution in [0.2, 0.25) is 0 Å². The van der Waals surface area contributed by atoms with Gasteiger partial charge in [0.15, 0.2) is 0 Å². The average Bonchev–Trinajstić information content (AvgIpc) is 3.11. The van der Waals surface area contributed by atoms with Crippen LogP contribution in [0.25, 0.3) is 0 Å². The van der Waals surface area contributed by atoms with Gasteiger partial charge in [-0.2, -0.15) is 0 Å². The van der Waals surface area contributed by atoms with Crippen LogP contribution < -0.4 is 5.32 Å². The van der Waals surface area contributed by atoms with Crippen molar-refractivity contribution in [1.29, 1.82) is 0 Å². The van der Waals surface area contributed by atoms with E-state index in [-0.39, 0.29) is 17.7 Å². The summed E-state index contributed by atoms with van der Waals surface area (Å²) in [7, 11) is 0. The molecule has 1 aromatic heterocycles. The van der Waals surface area contributed by atoms with Crippen molar-refractivity contribution in [1.82, 2.24) is 4.90 Å². The number of hydrogen-bond acceptors (Lipinski definition) is 3. The van der Waals surface area contributed by atoms with Crippen LogP contribution in [-0.2, 0) is 4.79 Å². The van der Waals surface area contributed by atoms with Crippen molar-refractivity contribution < 1.29 is 9.59 Å². The first kappa shape index (κ1) is 16.7. The van der Waals surface area contributed by atoms with Crippen molar-refractivity contribution in [2.24, 2.45) is 5.92 Å². The number of aryl methyl sites for hydroxylation is 2. The van der Waals surface area contributed by atoms with Crippen LogP contribution in [0.1, 0.15) is 33.6 Å². The number of thiophene rings is 1. The number of anilines is 1. The topological polar surface area (TPSA) is 49.4 Å². The predicted molar refractivity (Wildman–Crippen MR) is 97.5 cm³/mol. The fourth-order valence-corrected chi connectivity index (χ4v) is 3.81. The van der Waals surface area contributed by atoms with E-state index in [2.05, 4.69) is 11.4 Å². The zero-order chi connectivity index (χ0) is 17.1. The molecule has 3 rings (SSSR count). The molecule has 5 heteroatoms. The van der Waals surface area contributed by atoms with Gasteiger partial charge in [0.05, 0.1) is 10.8 Å². The van der Waals surface area contributed by atoms with E-state index in [9.17, 15) is 9.59 Å². The number of nitrogens with one attached hydrogen (secondary N) is 1. The highest BCUT2D eigenvalue weighted by Gasteiger charge is 2.29. The molecule has 0 saturated carbocycles. The molecule has 4 nitrogen and oxygen atoms in total. The van der Waals surface area contributed by atoms with Gasteiger partial charge in [0.25, 0.3) is 5.91 Å². The van der Waals surface area contributed by atoms with E-state index in [1.54, 1.807) is 0 Å². The van der Waals surface area contributed by atoms with Crippen molar-refractivity contribution in [2.45, 2.75) is 26.7 Å². The summed E-state index contributed by atoms with van der Waals surface area (Å²) in [4.78, 5) is 27.6. The highest BCUT2D eigenvalue weighted by molar-refractivity contribution is 7.12. The van der Waals surface area contributed by atoms with Crippen molar-refractivity contribution >= 4 is 28.8 Å². The molecular formula is C19H22N2O2S. The molecule has 0 aliphatic carbocycles. The molecule has 126 valence electrons. The van der Waals surface area contributed by atoms with Crippen LogP contribution in [0.3, 0.4) is 0 Å². The van der Waals surface area contributed by atoms with E-state index in [0.29, 0.717) is 6.54 Å². The standard InChI is InChI=1S/C19H22N2O2S/c1-13-7-8-16(14(2)11-13)20-18(22)15-5-3-9-21(12-15)19(23)17-6-4-10-24-17/h4,6-8,10-11,15H,3,5,9,12H2,1-2H3,(H,20,22). The Kier molecular flexibility index (Phi) is 5.00. The third kappa shape index (κ3) is 3.67. The van der Waals surface area contributed by atoms with E-state index in [4.69, 9.17) is 0 Å². The Balaban J connectivity index is 1.65. The molecule has 1 aromatic carbocycles. The summed E-state index contributed by atoms with van der Waals surface area (Å²) in [5.41, 5.74) is 3.09. The molecule has 1 aliphatic rings. The number of rotatable bonds is 3. The van der Waals surface area contributed by atoms with Crippen LogP contribution in [0.15, 0.2) is 35.7 Å². The number of carbonyl (C=O) groups excluding carboxylic acids is 2. The molecule has 2 amide bonds. The molecular weight excluding hydrogens is 320 g/mol. The summed E-state index contributed by atoms with van der Waals surface area (Å²) in [5.74, 6) is -0.108. The van der Waals surface area contributed by atoms with Gasteiger partial charge in [0.2, 0.25) is 5.91 Å². The number of nitrogens with zero attached hydrogens (tertiary/aromatic N) is 1. The van der Waals surface area contributed by atoms with E-state index >= 15 is 0 Å². The van der Waals surface area contributed by atoms with Gasteiger partial charge in [-0.15, -0.1) is 11.3 Å². The van der Waals surface area contributed by atoms with E-state index in [1.165, 1.54) is 16.9 Å². The maximum absolute atomic E-state index is 12.6. The summed E-state index contributed by atoms with van der Waals surface area (Å²) in [5, 5.41) is 4.93. The summed E-state index contributed by atoms with van der Waals surface area (Å²) in [6, 6.07) is 9.72. The molecule has 0 spiro atoms. The molecule has 1 aliphatic heterocycles. The van der Waals surface area contributed by atoms with Gasteiger partial charge in [-0.3, -0.25) is 9.59 Å². The first-order chi connectivity index (χ1) is 11.5. The van der Waals surface area contributed by atoms with Gasteiger partial charge in [0, 0.05) is 18.8 Å². The van der Waals surface area contributed by atoms with Gasteiger partial charge in [0.1, 0.15) is 0 Å². The van der Waals surface area contributed by atoms with Gasteiger partial charge in [-0.25, -0.2) is 0 Å². The fraction of sp³-hybridized carbons (Fsp3) is 0.368. The predicted octanol–water partition coefficient (Wildman–Crippen LogP) is 3.86. The Morgan fingerprint density at radius 3 is 2.79 bits per heavy atom. The minimum absolute atomic E-state index is 0.00522. The molecule has 1 unspecified atom stereocenters. The SMILES string of the molecule is Cc1ccc(NC(=O)C2CCCN(C(=O)c3cccs3)C2)c(C)c1. The number of amides is 2. The van der Waals surface area contributed by atoms with Crippen molar-refractivity contribution in [3.8, 4) is 0 Å². The number of piperidine rings is 1. The lowest BCUT2D eigenvalue weighted by Gasteiger charge is -2.32. The molecule has 2 heterocycles. The van der Waals surface area contributed by atoms with Gasteiger partial charge < -0.3 is 10.2 Å². The van der Waals surface area contributed by atoms with Gasteiger partial charge in [-0.05, 0) is 49.8 Å². The highest BCUT2D eigenvalue weighted by Crippen LogP contribution is 2.23. The summed E-state index contributed by atoms with van der Waals surface area (Å²) in [6.45, 7) is 5.25. The van der Waals surface area contributed by atoms with Crippen LogP contribution >= 0.6 is 11.3 Å². The second-order valence-electron chi connectivity index (χ2n) is 6.38. The number of benzene rings is 1. The Hall–Kier alpha value is -2.14. The third-order valence-corrected chi connectivity index (χ3v) is 5.31. The first-order valence-corrected chi connectivity index (χ1v) is 9.13. The monoisotopic (exact) mass is 342 g/mol. The van der Waals surface area contributed by atoms with Crippen LogP contribution in [0, 0.1) is 19.8 Å². The molecule has 1 fully saturated rings. The molecule has 0 bridgehead atoms.